The molecule has 1 saturated heterocycles. The van der Waals surface area contributed by atoms with Gasteiger partial charge in [0.2, 0.25) is 0 Å². The van der Waals surface area contributed by atoms with Crippen LogP contribution in [0, 0.1) is 19.8 Å². The molecule has 2 atom stereocenters. The standard InChI is InChI=1S/C23H31NO5/c1-14-7-8-17(18(11-14)27-6)21-15(2)12-19(28-21)20(25)16-9-10-24(13-16)22(26)29-23(3,4)5/h7-8,11-12,16,20,25H,9-10,13H2,1-6H3. The van der Waals surface area contributed by atoms with E-state index in [1.54, 1.807) is 12.0 Å². The quantitative estimate of drug-likeness (QED) is 0.792. The second kappa shape index (κ2) is 8.11. The second-order valence-corrected chi connectivity index (χ2v) is 8.78. The van der Waals surface area contributed by atoms with Crippen molar-refractivity contribution in [2.24, 2.45) is 5.92 Å². The largest absolute Gasteiger partial charge is 0.496 e. The molecule has 2 aromatic rings. The highest BCUT2D eigenvalue weighted by Crippen LogP contribution is 2.39. The van der Waals surface area contributed by atoms with Crippen LogP contribution in [0.5, 0.6) is 5.75 Å². The SMILES string of the molecule is COc1cc(C)ccc1-c1oc(C(O)C2CCN(C(=O)OC(C)(C)C)C2)cc1C. The van der Waals surface area contributed by atoms with E-state index < -0.39 is 11.7 Å². The van der Waals surface area contributed by atoms with Gasteiger partial charge in [-0.2, -0.15) is 0 Å². The van der Waals surface area contributed by atoms with Gasteiger partial charge >= 0.3 is 6.09 Å². The summed E-state index contributed by atoms with van der Waals surface area (Å²) in [6.07, 6.45) is -0.428. The van der Waals surface area contributed by atoms with Crippen LogP contribution in [0.4, 0.5) is 4.79 Å². The lowest BCUT2D eigenvalue weighted by Gasteiger charge is -2.24. The number of benzene rings is 1. The number of carbonyl (C=O) groups is 1. The number of carbonyl (C=O) groups excluding carboxylic acids is 1. The molecule has 1 fully saturated rings. The molecule has 158 valence electrons. The Hall–Kier alpha value is -2.47. The highest BCUT2D eigenvalue weighted by atomic mass is 16.6. The number of amides is 1. The van der Waals surface area contributed by atoms with Crippen LogP contribution in [-0.4, -0.2) is 41.9 Å². The number of hydrogen-bond donors (Lipinski definition) is 1. The van der Waals surface area contributed by atoms with Gasteiger partial charge in [0.15, 0.2) is 0 Å². The van der Waals surface area contributed by atoms with E-state index in [-0.39, 0.29) is 12.0 Å². The zero-order chi connectivity index (χ0) is 21.3. The maximum absolute atomic E-state index is 12.3. The fraction of sp³-hybridized carbons (Fsp3) is 0.522. The van der Waals surface area contributed by atoms with Crippen LogP contribution in [0.25, 0.3) is 11.3 Å². The summed E-state index contributed by atoms with van der Waals surface area (Å²) in [7, 11) is 1.64. The highest BCUT2D eigenvalue weighted by Gasteiger charge is 2.35. The Morgan fingerprint density at radius 3 is 2.66 bits per heavy atom. The van der Waals surface area contributed by atoms with E-state index in [9.17, 15) is 9.90 Å². The molecule has 1 aromatic carbocycles. The number of aryl methyl sites for hydroxylation is 2. The van der Waals surface area contributed by atoms with Gasteiger partial charge in [0.05, 0.1) is 12.7 Å². The van der Waals surface area contributed by atoms with E-state index >= 15 is 0 Å². The Kier molecular flexibility index (Phi) is 5.94. The summed E-state index contributed by atoms with van der Waals surface area (Å²) in [6.45, 7) is 10.5. The van der Waals surface area contributed by atoms with Gasteiger partial charge in [-0.05, 0) is 70.4 Å². The second-order valence-electron chi connectivity index (χ2n) is 8.78. The van der Waals surface area contributed by atoms with Crippen LogP contribution >= 0.6 is 0 Å². The van der Waals surface area contributed by atoms with Gasteiger partial charge in [-0.25, -0.2) is 4.79 Å². The zero-order valence-corrected chi connectivity index (χ0v) is 18.1. The number of ether oxygens (including phenoxy) is 2. The number of hydrogen-bond acceptors (Lipinski definition) is 5. The predicted molar refractivity (Wildman–Crippen MR) is 111 cm³/mol. The van der Waals surface area contributed by atoms with Crippen molar-refractivity contribution in [2.45, 2.75) is 52.7 Å². The molecule has 3 rings (SSSR count). The average molecular weight is 402 g/mol. The first kappa shape index (κ1) is 21.2. The lowest BCUT2D eigenvalue weighted by Crippen LogP contribution is -2.35. The minimum atomic E-state index is -0.786. The van der Waals surface area contributed by atoms with Gasteiger partial charge in [-0.1, -0.05) is 6.07 Å². The third-order valence-corrected chi connectivity index (χ3v) is 5.15. The fourth-order valence-corrected chi connectivity index (χ4v) is 3.68. The summed E-state index contributed by atoms with van der Waals surface area (Å²) >= 11 is 0. The monoisotopic (exact) mass is 401 g/mol. The number of likely N-dealkylation sites (tertiary alicyclic amines) is 1. The molecule has 0 radical (unpaired) electrons. The number of nitrogens with zero attached hydrogens (tertiary/aromatic N) is 1. The molecule has 1 aliphatic heterocycles. The number of aliphatic hydroxyl groups excluding tert-OH is 1. The first-order valence-corrected chi connectivity index (χ1v) is 10.0. The van der Waals surface area contributed by atoms with Crippen LogP contribution in [0.3, 0.4) is 0 Å². The molecule has 2 unspecified atom stereocenters. The smallest absolute Gasteiger partial charge is 0.410 e. The van der Waals surface area contributed by atoms with Crippen molar-refractivity contribution < 1.29 is 23.8 Å². The summed E-state index contributed by atoms with van der Waals surface area (Å²) in [5, 5.41) is 10.9. The molecule has 0 aliphatic carbocycles. The van der Waals surface area contributed by atoms with Gasteiger partial charge in [0.25, 0.3) is 0 Å². The van der Waals surface area contributed by atoms with E-state index in [0.29, 0.717) is 31.0 Å². The van der Waals surface area contributed by atoms with Crippen molar-refractivity contribution in [1.82, 2.24) is 4.90 Å². The Bertz CT molecular complexity index is 880. The van der Waals surface area contributed by atoms with Gasteiger partial charge in [-0.15, -0.1) is 0 Å². The van der Waals surface area contributed by atoms with Crippen molar-refractivity contribution in [1.29, 1.82) is 0 Å². The number of aliphatic hydroxyl groups is 1. The lowest BCUT2D eigenvalue weighted by molar-refractivity contribution is 0.0260. The summed E-state index contributed by atoms with van der Waals surface area (Å²) in [5.74, 6) is 1.84. The van der Waals surface area contributed by atoms with Gasteiger partial charge in [-0.3, -0.25) is 0 Å². The topological polar surface area (TPSA) is 72.1 Å². The first-order chi connectivity index (χ1) is 13.6. The average Bonchev–Trinajstić information content (AvgIpc) is 3.27. The summed E-state index contributed by atoms with van der Waals surface area (Å²) in [6, 6.07) is 7.81. The minimum absolute atomic E-state index is 0.0965. The third kappa shape index (κ3) is 4.75. The molecule has 1 aliphatic rings. The van der Waals surface area contributed by atoms with Crippen LogP contribution in [0.2, 0.25) is 0 Å². The summed E-state index contributed by atoms with van der Waals surface area (Å²) in [4.78, 5) is 13.9. The van der Waals surface area contributed by atoms with Gasteiger partial charge in [0, 0.05) is 19.0 Å². The Balaban J connectivity index is 1.76. The minimum Gasteiger partial charge on any atom is -0.496 e. The Morgan fingerprint density at radius 2 is 2.00 bits per heavy atom. The van der Waals surface area contributed by atoms with Crippen molar-refractivity contribution in [3.63, 3.8) is 0 Å². The number of methoxy groups -OCH3 is 1. The van der Waals surface area contributed by atoms with E-state index in [2.05, 4.69) is 0 Å². The molecule has 29 heavy (non-hydrogen) atoms. The van der Waals surface area contributed by atoms with Crippen LogP contribution < -0.4 is 4.74 Å². The number of rotatable bonds is 4. The molecule has 0 spiro atoms. The molecule has 6 nitrogen and oxygen atoms in total. The van der Waals surface area contributed by atoms with Crippen molar-refractivity contribution in [3.05, 3.63) is 41.2 Å². The van der Waals surface area contributed by atoms with Crippen LogP contribution in [0.1, 0.15) is 50.2 Å². The van der Waals surface area contributed by atoms with Gasteiger partial charge < -0.3 is 23.9 Å². The molecule has 1 amide bonds. The van der Waals surface area contributed by atoms with E-state index in [0.717, 1.165) is 22.4 Å². The lowest BCUT2D eigenvalue weighted by atomic mass is 9.99. The summed E-state index contributed by atoms with van der Waals surface area (Å²) in [5.41, 5.74) is 2.36. The molecule has 2 heterocycles. The maximum Gasteiger partial charge on any atom is 0.410 e. The normalized spacial score (nSPS) is 18.0. The van der Waals surface area contributed by atoms with Crippen LogP contribution in [0.15, 0.2) is 28.7 Å². The van der Waals surface area contributed by atoms with Crippen molar-refractivity contribution in [2.75, 3.05) is 20.2 Å². The van der Waals surface area contributed by atoms with Crippen LogP contribution in [-0.2, 0) is 4.74 Å². The van der Waals surface area contributed by atoms with Crippen molar-refractivity contribution >= 4 is 6.09 Å². The predicted octanol–water partition coefficient (Wildman–Crippen LogP) is 4.86. The third-order valence-electron chi connectivity index (χ3n) is 5.15. The Morgan fingerprint density at radius 1 is 1.28 bits per heavy atom. The maximum atomic E-state index is 12.3. The molecular formula is C23H31NO5. The molecule has 6 heteroatoms. The molecule has 0 saturated carbocycles. The molecule has 1 aromatic heterocycles. The summed E-state index contributed by atoms with van der Waals surface area (Å²) < 4.78 is 17.0. The highest BCUT2D eigenvalue weighted by molar-refractivity contribution is 5.70. The first-order valence-electron chi connectivity index (χ1n) is 10.0. The van der Waals surface area contributed by atoms with Crippen molar-refractivity contribution in [3.8, 4) is 17.1 Å². The van der Waals surface area contributed by atoms with E-state index in [4.69, 9.17) is 13.9 Å². The molecule has 0 bridgehead atoms. The zero-order valence-electron chi connectivity index (χ0n) is 18.1. The fourth-order valence-electron chi connectivity index (χ4n) is 3.68. The molecular weight excluding hydrogens is 370 g/mol. The van der Waals surface area contributed by atoms with Gasteiger partial charge in [0.1, 0.15) is 29.0 Å². The van der Waals surface area contributed by atoms with E-state index in [1.165, 1.54) is 0 Å². The number of furan rings is 1. The Labute approximate surface area is 172 Å². The molecule has 1 N–H and O–H groups in total. The van der Waals surface area contributed by atoms with E-state index in [1.807, 2.05) is 58.9 Å².